The Morgan fingerprint density at radius 3 is 2.83 bits per heavy atom. The largest absolute Gasteiger partial charge is 0.495 e. The molecule has 1 heterocycles. The number of anilines is 1. The van der Waals surface area contributed by atoms with Gasteiger partial charge in [0.05, 0.1) is 24.2 Å². The fourth-order valence-electron chi connectivity index (χ4n) is 2.79. The molecule has 8 nitrogen and oxygen atoms in total. The zero-order valence-electron chi connectivity index (χ0n) is 13.9. The first-order chi connectivity index (χ1) is 11.3. The van der Waals surface area contributed by atoms with Gasteiger partial charge in [0.25, 0.3) is 0 Å². The summed E-state index contributed by atoms with van der Waals surface area (Å²) in [5, 5.41) is 11.1. The number of carbonyl (C=O) groups is 1. The Balaban J connectivity index is 2.07. The number of rotatable bonds is 6. The van der Waals surface area contributed by atoms with Crippen molar-refractivity contribution in [3.05, 3.63) is 18.2 Å². The Bertz CT molecular complexity index is 693. The van der Waals surface area contributed by atoms with E-state index in [9.17, 15) is 13.2 Å². The SMILES string of the molecule is CNC1CCCN(CC(=O)Nc2cc(S(N)(=O)=O)ccc2OC)C1. The molecule has 1 saturated heterocycles. The molecule has 0 radical (unpaired) electrons. The van der Waals surface area contributed by atoms with E-state index in [1.807, 2.05) is 7.05 Å². The van der Waals surface area contributed by atoms with E-state index in [1.165, 1.54) is 25.3 Å². The van der Waals surface area contributed by atoms with Gasteiger partial charge in [-0.05, 0) is 44.6 Å². The van der Waals surface area contributed by atoms with Crippen molar-refractivity contribution >= 4 is 21.6 Å². The van der Waals surface area contributed by atoms with E-state index in [-0.39, 0.29) is 23.0 Å². The second-order valence-electron chi connectivity index (χ2n) is 5.82. The van der Waals surface area contributed by atoms with E-state index in [2.05, 4.69) is 15.5 Å². The fraction of sp³-hybridized carbons (Fsp3) is 0.533. The number of hydrogen-bond donors (Lipinski definition) is 3. The van der Waals surface area contributed by atoms with Gasteiger partial charge < -0.3 is 15.4 Å². The summed E-state index contributed by atoms with van der Waals surface area (Å²) in [6.45, 7) is 1.90. The summed E-state index contributed by atoms with van der Waals surface area (Å²) in [5.74, 6) is 0.152. The molecule has 9 heteroatoms. The molecule has 0 aromatic heterocycles. The number of nitrogens with one attached hydrogen (secondary N) is 2. The number of benzene rings is 1. The lowest BCUT2D eigenvalue weighted by atomic mass is 10.1. The van der Waals surface area contributed by atoms with Crippen LogP contribution in [0.15, 0.2) is 23.1 Å². The van der Waals surface area contributed by atoms with Crippen LogP contribution in [0.1, 0.15) is 12.8 Å². The number of piperidine rings is 1. The van der Waals surface area contributed by atoms with E-state index in [0.29, 0.717) is 11.8 Å². The van der Waals surface area contributed by atoms with Crippen molar-refractivity contribution in [3.63, 3.8) is 0 Å². The molecule has 1 aromatic rings. The van der Waals surface area contributed by atoms with Gasteiger partial charge in [0, 0.05) is 12.6 Å². The lowest BCUT2D eigenvalue weighted by molar-refractivity contribution is -0.117. The van der Waals surface area contributed by atoms with Crippen molar-refractivity contribution in [2.45, 2.75) is 23.8 Å². The summed E-state index contributed by atoms with van der Waals surface area (Å²) in [5.41, 5.74) is 0.288. The molecule has 24 heavy (non-hydrogen) atoms. The second kappa shape index (κ2) is 7.93. The van der Waals surface area contributed by atoms with Crippen LogP contribution in [0.3, 0.4) is 0 Å². The van der Waals surface area contributed by atoms with Crippen LogP contribution in [0, 0.1) is 0 Å². The Kier molecular flexibility index (Phi) is 6.16. The molecule has 0 spiro atoms. The molecule has 1 aliphatic rings. The van der Waals surface area contributed by atoms with E-state index < -0.39 is 10.0 Å². The summed E-state index contributed by atoms with van der Waals surface area (Å²) in [6.07, 6.45) is 2.13. The number of hydrogen-bond acceptors (Lipinski definition) is 6. The number of nitrogens with two attached hydrogens (primary N) is 1. The van der Waals surface area contributed by atoms with Crippen molar-refractivity contribution in [1.29, 1.82) is 0 Å². The third kappa shape index (κ3) is 4.91. The zero-order chi connectivity index (χ0) is 17.7. The highest BCUT2D eigenvalue weighted by Gasteiger charge is 2.21. The van der Waals surface area contributed by atoms with Crippen LogP contribution in [-0.4, -0.2) is 59.1 Å². The molecular weight excluding hydrogens is 332 g/mol. The smallest absolute Gasteiger partial charge is 0.238 e. The molecule has 1 fully saturated rings. The van der Waals surface area contributed by atoms with Gasteiger partial charge in [-0.15, -0.1) is 0 Å². The van der Waals surface area contributed by atoms with Crippen LogP contribution in [-0.2, 0) is 14.8 Å². The van der Waals surface area contributed by atoms with Crippen molar-refractivity contribution in [3.8, 4) is 5.75 Å². The molecule has 0 saturated carbocycles. The molecular formula is C15H24N4O4S. The van der Waals surface area contributed by atoms with Gasteiger partial charge in [0.15, 0.2) is 0 Å². The maximum atomic E-state index is 12.3. The Hall–Kier alpha value is -1.68. The van der Waals surface area contributed by atoms with Crippen molar-refractivity contribution < 1.29 is 17.9 Å². The number of primary sulfonamides is 1. The average Bonchev–Trinajstić information content (AvgIpc) is 2.54. The van der Waals surface area contributed by atoms with Gasteiger partial charge in [0.2, 0.25) is 15.9 Å². The highest BCUT2D eigenvalue weighted by Crippen LogP contribution is 2.27. The number of sulfonamides is 1. The number of carbonyl (C=O) groups excluding carboxylic acids is 1. The topological polar surface area (TPSA) is 114 Å². The molecule has 2 rings (SSSR count). The minimum Gasteiger partial charge on any atom is -0.495 e. The van der Waals surface area contributed by atoms with Gasteiger partial charge in [-0.3, -0.25) is 9.69 Å². The van der Waals surface area contributed by atoms with E-state index in [0.717, 1.165) is 25.9 Å². The van der Waals surface area contributed by atoms with Crippen LogP contribution in [0.4, 0.5) is 5.69 Å². The number of nitrogens with zero attached hydrogens (tertiary/aromatic N) is 1. The lowest BCUT2D eigenvalue weighted by Gasteiger charge is -2.31. The molecule has 0 bridgehead atoms. The Labute approximate surface area is 142 Å². The highest BCUT2D eigenvalue weighted by atomic mass is 32.2. The van der Waals surface area contributed by atoms with Crippen LogP contribution in [0.25, 0.3) is 0 Å². The lowest BCUT2D eigenvalue weighted by Crippen LogP contribution is -2.46. The first-order valence-electron chi connectivity index (χ1n) is 7.74. The van der Waals surface area contributed by atoms with E-state index >= 15 is 0 Å². The summed E-state index contributed by atoms with van der Waals surface area (Å²) in [4.78, 5) is 14.3. The molecule has 1 atom stereocenters. The normalized spacial score (nSPS) is 19.0. The predicted octanol–water partition coefficient (Wildman–Crippen LogP) is -0.0351. The zero-order valence-corrected chi connectivity index (χ0v) is 14.7. The maximum Gasteiger partial charge on any atom is 0.238 e. The number of likely N-dealkylation sites (tertiary alicyclic amines) is 1. The van der Waals surface area contributed by atoms with Gasteiger partial charge in [-0.2, -0.15) is 0 Å². The number of likely N-dealkylation sites (N-methyl/N-ethyl adjacent to an activating group) is 1. The average molecular weight is 356 g/mol. The molecule has 4 N–H and O–H groups in total. The Morgan fingerprint density at radius 1 is 1.46 bits per heavy atom. The van der Waals surface area contributed by atoms with Crippen LogP contribution >= 0.6 is 0 Å². The van der Waals surface area contributed by atoms with Crippen LogP contribution in [0.2, 0.25) is 0 Å². The molecule has 1 aliphatic heterocycles. The minimum atomic E-state index is -3.85. The van der Waals surface area contributed by atoms with Crippen LogP contribution in [0.5, 0.6) is 5.75 Å². The molecule has 1 unspecified atom stereocenters. The summed E-state index contributed by atoms with van der Waals surface area (Å²) in [7, 11) is -0.487. The third-order valence-corrected chi connectivity index (χ3v) is 4.97. The van der Waals surface area contributed by atoms with Crippen molar-refractivity contribution in [2.24, 2.45) is 5.14 Å². The standard InChI is InChI=1S/C15H24N4O4S/c1-17-11-4-3-7-19(9-11)10-15(20)18-13-8-12(24(16,21)22)5-6-14(13)23-2/h5-6,8,11,17H,3-4,7,9-10H2,1-2H3,(H,18,20)(H2,16,21,22). The quantitative estimate of drug-likeness (QED) is 0.659. The molecule has 1 aromatic carbocycles. The highest BCUT2D eigenvalue weighted by molar-refractivity contribution is 7.89. The van der Waals surface area contributed by atoms with E-state index in [1.54, 1.807) is 0 Å². The van der Waals surface area contributed by atoms with Crippen LogP contribution < -0.4 is 20.5 Å². The second-order valence-corrected chi connectivity index (χ2v) is 7.38. The molecule has 134 valence electrons. The van der Waals surface area contributed by atoms with Crippen molar-refractivity contribution in [2.75, 3.05) is 39.1 Å². The first-order valence-corrected chi connectivity index (χ1v) is 9.28. The number of methoxy groups -OCH3 is 1. The first kappa shape index (κ1) is 18.7. The van der Waals surface area contributed by atoms with Gasteiger partial charge in [0.1, 0.15) is 5.75 Å². The van der Waals surface area contributed by atoms with Gasteiger partial charge in [-0.25, -0.2) is 13.6 Å². The summed E-state index contributed by atoms with van der Waals surface area (Å²) < 4.78 is 28.1. The minimum absolute atomic E-state index is 0.0770. The van der Waals surface area contributed by atoms with Gasteiger partial charge in [-0.1, -0.05) is 0 Å². The number of ether oxygens (including phenoxy) is 1. The number of amides is 1. The van der Waals surface area contributed by atoms with Gasteiger partial charge >= 0.3 is 0 Å². The monoisotopic (exact) mass is 356 g/mol. The summed E-state index contributed by atoms with van der Waals surface area (Å²) >= 11 is 0. The molecule has 0 aliphatic carbocycles. The predicted molar refractivity (Wildman–Crippen MR) is 91.5 cm³/mol. The van der Waals surface area contributed by atoms with Crippen molar-refractivity contribution in [1.82, 2.24) is 10.2 Å². The van der Waals surface area contributed by atoms with E-state index in [4.69, 9.17) is 9.88 Å². The summed E-state index contributed by atoms with van der Waals surface area (Å²) in [6, 6.07) is 4.49. The molecule has 1 amide bonds. The third-order valence-electron chi connectivity index (χ3n) is 4.05. The maximum absolute atomic E-state index is 12.3. The fourth-order valence-corrected chi connectivity index (χ4v) is 3.33. The Morgan fingerprint density at radius 2 is 2.21 bits per heavy atom.